The van der Waals surface area contributed by atoms with Gasteiger partial charge in [0.25, 0.3) is 0 Å². The van der Waals surface area contributed by atoms with E-state index in [0.717, 1.165) is 37.9 Å². The summed E-state index contributed by atoms with van der Waals surface area (Å²) in [5, 5.41) is 0. The van der Waals surface area contributed by atoms with E-state index in [1.165, 1.54) is 6.08 Å². The van der Waals surface area contributed by atoms with Crippen molar-refractivity contribution in [1.82, 2.24) is 0 Å². The highest BCUT2D eigenvalue weighted by molar-refractivity contribution is 7.55. The zero-order valence-corrected chi connectivity index (χ0v) is 12.1. The third kappa shape index (κ3) is 16.0. The van der Waals surface area contributed by atoms with Crippen LogP contribution in [0.15, 0.2) is 11.9 Å². The maximum atomic E-state index is 10.5. The molecule has 0 aliphatic rings. The van der Waals surface area contributed by atoms with Crippen LogP contribution in [0, 0.1) is 0 Å². The van der Waals surface area contributed by atoms with Crippen LogP contribution in [-0.4, -0.2) is 25.7 Å². The molecule has 108 valence electrons. The van der Waals surface area contributed by atoms with Gasteiger partial charge >= 0.3 is 15.2 Å². The lowest BCUT2D eigenvalue weighted by atomic mass is 10.1. The van der Waals surface area contributed by atoms with Crippen LogP contribution in [0.2, 0.25) is 0 Å². The van der Waals surface area contributed by atoms with Crippen LogP contribution >= 0.6 is 15.2 Å². The van der Waals surface area contributed by atoms with Gasteiger partial charge in [-0.05, 0) is 19.3 Å². The van der Waals surface area contributed by atoms with Crippen molar-refractivity contribution in [3.63, 3.8) is 0 Å². The second-order valence-corrected chi connectivity index (χ2v) is 7.53. The van der Waals surface area contributed by atoms with Crippen molar-refractivity contribution in [1.29, 1.82) is 0 Å². The Morgan fingerprint density at radius 2 is 1.28 bits per heavy atom. The van der Waals surface area contributed by atoms with Gasteiger partial charge in [-0.2, -0.15) is 0 Å². The maximum absolute atomic E-state index is 10.5. The van der Waals surface area contributed by atoms with Crippen molar-refractivity contribution in [3.8, 4) is 0 Å². The molecule has 0 unspecified atom stereocenters. The lowest BCUT2D eigenvalue weighted by Crippen LogP contribution is -1.88. The third-order valence-corrected chi connectivity index (χ3v) is 3.87. The molecule has 0 aromatic rings. The molecular formula is C10H22O6P2. The molecule has 0 saturated heterocycles. The second kappa shape index (κ2) is 9.03. The molecule has 0 amide bonds. The molecule has 0 aliphatic carbocycles. The topological polar surface area (TPSA) is 115 Å². The van der Waals surface area contributed by atoms with Gasteiger partial charge in [-0.1, -0.05) is 31.8 Å². The number of hydrogen-bond acceptors (Lipinski definition) is 2. The van der Waals surface area contributed by atoms with E-state index in [-0.39, 0.29) is 6.16 Å². The molecule has 0 rings (SSSR count). The van der Waals surface area contributed by atoms with Crippen LogP contribution in [0.1, 0.15) is 44.9 Å². The standard InChI is InChI=1S/C10H22O6P2/c11-17(12,13)9-7-5-3-1-2-4-6-8-10-18(14,15)16/h7,9H,1-6,8,10H2,(H2,11,12,13)(H2,14,15,16). The van der Waals surface area contributed by atoms with Crippen molar-refractivity contribution in [2.24, 2.45) is 0 Å². The first-order valence-electron chi connectivity index (χ1n) is 5.98. The highest BCUT2D eigenvalue weighted by atomic mass is 31.2. The fourth-order valence-electron chi connectivity index (χ4n) is 1.50. The maximum Gasteiger partial charge on any atom is 0.348 e. The van der Waals surface area contributed by atoms with Gasteiger partial charge in [-0.3, -0.25) is 9.13 Å². The normalized spacial score (nSPS) is 13.3. The molecule has 6 nitrogen and oxygen atoms in total. The van der Waals surface area contributed by atoms with E-state index in [9.17, 15) is 9.13 Å². The zero-order chi connectivity index (χ0) is 14.1. The number of unbranched alkanes of at least 4 members (excludes halogenated alkanes) is 6. The first kappa shape index (κ1) is 18.0. The van der Waals surface area contributed by atoms with Crippen LogP contribution in [-0.2, 0) is 9.13 Å². The predicted molar refractivity (Wildman–Crippen MR) is 70.4 cm³/mol. The second-order valence-electron chi connectivity index (χ2n) is 4.27. The van der Waals surface area contributed by atoms with Crippen LogP contribution in [0.4, 0.5) is 0 Å². The van der Waals surface area contributed by atoms with Crippen LogP contribution < -0.4 is 0 Å². The van der Waals surface area contributed by atoms with Crippen molar-refractivity contribution < 1.29 is 28.7 Å². The Labute approximate surface area is 107 Å². The Kier molecular flexibility index (Phi) is 9.05. The smallest absolute Gasteiger partial charge is 0.324 e. The average molecular weight is 300 g/mol. The summed E-state index contributed by atoms with van der Waals surface area (Å²) in [7, 11) is -7.84. The van der Waals surface area contributed by atoms with Gasteiger partial charge in [-0.15, -0.1) is 0 Å². The number of rotatable bonds is 10. The van der Waals surface area contributed by atoms with Crippen molar-refractivity contribution >= 4 is 15.2 Å². The van der Waals surface area contributed by atoms with Crippen molar-refractivity contribution in [3.05, 3.63) is 11.9 Å². The lowest BCUT2D eigenvalue weighted by Gasteiger charge is -2.03. The molecule has 0 radical (unpaired) electrons. The molecule has 18 heavy (non-hydrogen) atoms. The van der Waals surface area contributed by atoms with E-state index >= 15 is 0 Å². The Morgan fingerprint density at radius 1 is 0.778 bits per heavy atom. The lowest BCUT2D eigenvalue weighted by molar-refractivity contribution is 0.370. The van der Waals surface area contributed by atoms with Gasteiger partial charge < -0.3 is 19.6 Å². The summed E-state index contributed by atoms with van der Waals surface area (Å²) in [6, 6.07) is 0. The predicted octanol–water partition coefficient (Wildman–Crippen LogP) is 2.59. The zero-order valence-electron chi connectivity index (χ0n) is 10.3. The van der Waals surface area contributed by atoms with Crippen molar-refractivity contribution in [2.45, 2.75) is 44.9 Å². The molecule has 0 aromatic carbocycles. The first-order chi connectivity index (χ1) is 8.21. The Bertz CT molecular complexity index is 329. The number of hydrogen-bond donors (Lipinski definition) is 4. The Morgan fingerprint density at radius 3 is 1.78 bits per heavy atom. The molecule has 0 saturated carbocycles. The summed E-state index contributed by atoms with van der Waals surface area (Å²) >= 11 is 0. The first-order valence-corrected chi connectivity index (χ1v) is 9.46. The van der Waals surface area contributed by atoms with E-state index in [1.54, 1.807) is 0 Å². The summed E-state index contributed by atoms with van der Waals surface area (Å²) in [5.41, 5.74) is 0. The summed E-state index contributed by atoms with van der Waals surface area (Å²) in [6.45, 7) is 0. The van der Waals surface area contributed by atoms with Gasteiger partial charge in [0.05, 0.1) is 0 Å². The molecule has 0 heterocycles. The van der Waals surface area contributed by atoms with E-state index in [2.05, 4.69) is 0 Å². The van der Waals surface area contributed by atoms with Crippen LogP contribution in [0.5, 0.6) is 0 Å². The van der Waals surface area contributed by atoms with Gasteiger partial charge in [0.2, 0.25) is 0 Å². The molecule has 0 fully saturated rings. The van der Waals surface area contributed by atoms with Gasteiger partial charge in [0.1, 0.15) is 0 Å². The van der Waals surface area contributed by atoms with E-state index in [1.807, 2.05) is 0 Å². The Hall–Kier alpha value is 0.0400. The van der Waals surface area contributed by atoms with Crippen LogP contribution in [0.25, 0.3) is 0 Å². The molecule has 8 heteroatoms. The SMILES string of the molecule is O=P(O)(O)C=CCCCCCCCCP(=O)(O)O. The molecule has 0 aliphatic heterocycles. The van der Waals surface area contributed by atoms with Gasteiger partial charge in [0.15, 0.2) is 0 Å². The quantitative estimate of drug-likeness (QED) is 0.364. The highest BCUT2D eigenvalue weighted by Crippen LogP contribution is 2.36. The molecule has 4 N–H and O–H groups in total. The Balaban J connectivity index is 3.30. The molecule has 0 atom stereocenters. The minimum atomic E-state index is -4.01. The third-order valence-electron chi connectivity index (χ3n) is 2.37. The fourth-order valence-corrected chi connectivity index (χ4v) is 2.56. The molecule has 0 spiro atoms. The number of allylic oxidation sites excluding steroid dienone is 1. The summed E-state index contributed by atoms with van der Waals surface area (Å²) in [4.78, 5) is 34.3. The molecule has 0 aromatic heterocycles. The van der Waals surface area contributed by atoms with Crippen molar-refractivity contribution in [2.75, 3.05) is 6.16 Å². The van der Waals surface area contributed by atoms with E-state index in [4.69, 9.17) is 19.6 Å². The van der Waals surface area contributed by atoms with E-state index in [0.29, 0.717) is 12.8 Å². The minimum Gasteiger partial charge on any atom is -0.324 e. The van der Waals surface area contributed by atoms with E-state index < -0.39 is 15.2 Å². The average Bonchev–Trinajstić information content (AvgIpc) is 2.17. The molecular weight excluding hydrogens is 278 g/mol. The minimum absolute atomic E-state index is 0.0436. The largest absolute Gasteiger partial charge is 0.348 e. The summed E-state index contributed by atoms with van der Waals surface area (Å²) < 4.78 is 21.0. The van der Waals surface area contributed by atoms with Crippen LogP contribution in [0.3, 0.4) is 0 Å². The van der Waals surface area contributed by atoms with Gasteiger partial charge in [-0.25, -0.2) is 0 Å². The van der Waals surface area contributed by atoms with Gasteiger partial charge in [0, 0.05) is 12.0 Å². The summed E-state index contributed by atoms with van der Waals surface area (Å²) in [5.74, 6) is 0.924. The summed E-state index contributed by atoms with van der Waals surface area (Å²) in [6.07, 6.45) is 7.19. The highest BCUT2D eigenvalue weighted by Gasteiger charge is 2.10. The monoisotopic (exact) mass is 300 g/mol. The molecule has 0 bridgehead atoms. The fraction of sp³-hybridized carbons (Fsp3) is 0.800.